The Bertz CT molecular complexity index is 865. The molecule has 0 amide bonds. The van der Waals surface area contributed by atoms with Gasteiger partial charge in [0.2, 0.25) is 0 Å². The lowest BCUT2D eigenvalue weighted by Crippen LogP contribution is -2.54. The smallest absolute Gasteiger partial charge is 0.282 e. The third-order valence-corrected chi connectivity index (χ3v) is 7.78. The number of hydrogen-bond acceptors (Lipinski definition) is 7. The molecule has 4 heterocycles. The first-order valence-corrected chi connectivity index (χ1v) is 11.4. The maximum absolute atomic E-state index is 12.7. The van der Waals surface area contributed by atoms with Crippen molar-refractivity contribution in [3.05, 3.63) is 29.0 Å². The molecular formula is C17H24N4O4S2. The molecule has 2 fully saturated rings. The first-order chi connectivity index (χ1) is 13.0. The van der Waals surface area contributed by atoms with Crippen LogP contribution in [0.4, 0.5) is 0 Å². The average molecular weight is 413 g/mol. The van der Waals surface area contributed by atoms with Gasteiger partial charge in [-0.15, -0.1) is 11.3 Å². The van der Waals surface area contributed by atoms with Gasteiger partial charge in [-0.05, 0) is 19.1 Å². The molecule has 2 aromatic rings. The summed E-state index contributed by atoms with van der Waals surface area (Å²) in [6.45, 7) is 6.90. The number of ether oxygens (including phenoxy) is 1. The van der Waals surface area contributed by atoms with Crippen molar-refractivity contribution in [2.24, 2.45) is 0 Å². The zero-order chi connectivity index (χ0) is 18.9. The molecule has 27 heavy (non-hydrogen) atoms. The summed E-state index contributed by atoms with van der Waals surface area (Å²) >= 11 is 1.57. The molecule has 10 heteroatoms. The Hall–Kier alpha value is -1.30. The molecule has 0 unspecified atom stereocenters. The number of morpholine rings is 1. The van der Waals surface area contributed by atoms with E-state index in [0.29, 0.717) is 52.5 Å². The van der Waals surface area contributed by atoms with Crippen LogP contribution >= 0.6 is 11.3 Å². The number of hydrogen-bond donors (Lipinski definition) is 0. The van der Waals surface area contributed by atoms with Crippen molar-refractivity contribution in [1.82, 2.24) is 18.5 Å². The second-order valence-corrected chi connectivity index (χ2v) is 9.54. The van der Waals surface area contributed by atoms with Crippen LogP contribution < -0.4 is 0 Å². The van der Waals surface area contributed by atoms with Gasteiger partial charge >= 0.3 is 0 Å². The maximum Gasteiger partial charge on any atom is 0.282 e. The highest BCUT2D eigenvalue weighted by Crippen LogP contribution is 2.26. The Morgan fingerprint density at radius 2 is 1.78 bits per heavy atom. The van der Waals surface area contributed by atoms with Crippen LogP contribution in [0.3, 0.4) is 0 Å². The van der Waals surface area contributed by atoms with Crippen molar-refractivity contribution in [3.63, 3.8) is 0 Å². The SMILES string of the molecule is Cc1ccc(-c2nc(CN3CCN(S(=O)(=O)N4CCOCC4)CC3)cs2)o1. The highest BCUT2D eigenvalue weighted by Gasteiger charge is 2.33. The fourth-order valence-corrected chi connectivity index (χ4v) is 5.66. The monoisotopic (exact) mass is 412 g/mol. The van der Waals surface area contributed by atoms with Crippen LogP contribution in [0.15, 0.2) is 21.9 Å². The molecular weight excluding hydrogens is 388 g/mol. The topological polar surface area (TPSA) is 79.1 Å². The second-order valence-electron chi connectivity index (χ2n) is 6.75. The molecule has 2 aliphatic rings. The number of aryl methyl sites for hydroxylation is 1. The lowest BCUT2D eigenvalue weighted by molar-refractivity contribution is 0.0683. The molecule has 0 saturated carbocycles. The van der Waals surface area contributed by atoms with Gasteiger partial charge in [0.15, 0.2) is 10.8 Å². The maximum atomic E-state index is 12.7. The van der Waals surface area contributed by atoms with Crippen LogP contribution in [0.1, 0.15) is 11.5 Å². The molecule has 2 aromatic heterocycles. The van der Waals surface area contributed by atoms with Gasteiger partial charge in [0, 0.05) is 51.2 Å². The standard InChI is InChI=1S/C17H24N4O4S2/c1-14-2-3-16(25-14)17-18-15(13-26-17)12-19-4-6-20(7-5-19)27(22,23)21-8-10-24-11-9-21/h2-3,13H,4-12H2,1H3. The number of thiazole rings is 1. The van der Waals surface area contributed by atoms with Crippen LogP contribution in [-0.4, -0.2) is 79.4 Å². The Balaban J connectivity index is 1.32. The van der Waals surface area contributed by atoms with E-state index in [4.69, 9.17) is 9.15 Å². The van der Waals surface area contributed by atoms with Crippen molar-refractivity contribution >= 4 is 21.5 Å². The van der Waals surface area contributed by atoms with Crippen molar-refractivity contribution < 1.29 is 17.6 Å². The average Bonchev–Trinajstić information content (AvgIpc) is 3.32. The molecule has 0 radical (unpaired) electrons. The van der Waals surface area contributed by atoms with Gasteiger partial charge in [-0.2, -0.15) is 17.0 Å². The molecule has 0 aromatic carbocycles. The summed E-state index contributed by atoms with van der Waals surface area (Å²) in [5.41, 5.74) is 0.994. The minimum Gasteiger partial charge on any atom is -0.459 e. The van der Waals surface area contributed by atoms with Gasteiger partial charge in [0.25, 0.3) is 10.2 Å². The van der Waals surface area contributed by atoms with E-state index in [2.05, 4.69) is 9.88 Å². The molecule has 148 valence electrons. The highest BCUT2D eigenvalue weighted by molar-refractivity contribution is 7.86. The summed E-state index contributed by atoms with van der Waals surface area (Å²) in [5.74, 6) is 1.67. The summed E-state index contributed by atoms with van der Waals surface area (Å²) in [6, 6.07) is 3.87. The fourth-order valence-electron chi connectivity index (χ4n) is 3.33. The second kappa shape index (κ2) is 7.98. The first-order valence-electron chi connectivity index (χ1n) is 9.09. The van der Waals surface area contributed by atoms with Crippen molar-refractivity contribution in [1.29, 1.82) is 0 Å². The third-order valence-electron chi connectivity index (χ3n) is 4.84. The molecule has 0 bridgehead atoms. The summed E-state index contributed by atoms with van der Waals surface area (Å²) in [6.07, 6.45) is 0. The van der Waals surface area contributed by atoms with Crippen LogP contribution in [-0.2, 0) is 21.5 Å². The number of rotatable bonds is 5. The quantitative estimate of drug-likeness (QED) is 0.739. The van der Waals surface area contributed by atoms with Crippen molar-refractivity contribution in [3.8, 4) is 10.8 Å². The minimum absolute atomic E-state index is 0.441. The van der Waals surface area contributed by atoms with Crippen LogP contribution in [0, 0.1) is 6.92 Å². The van der Waals surface area contributed by atoms with E-state index in [1.54, 1.807) is 15.6 Å². The molecule has 4 rings (SSSR count). The molecule has 2 saturated heterocycles. The van der Waals surface area contributed by atoms with E-state index >= 15 is 0 Å². The van der Waals surface area contributed by atoms with Crippen LogP contribution in [0.2, 0.25) is 0 Å². The molecule has 0 atom stereocenters. The number of furan rings is 1. The summed E-state index contributed by atoms with van der Waals surface area (Å²) < 4.78 is 39.5. The lowest BCUT2D eigenvalue weighted by Gasteiger charge is -2.37. The van der Waals surface area contributed by atoms with E-state index in [9.17, 15) is 8.42 Å². The normalized spacial score (nSPS) is 20.9. The summed E-state index contributed by atoms with van der Waals surface area (Å²) in [7, 11) is -3.38. The zero-order valence-corrected chi connectivity index (χ0v) is 17.0. The van der Waals surface area contributed by atoms with Crippen LogP contribution in [0.25, 0.3) is 10.8 Å². The Kier molecular flexibility index (Phi) is 5.62. The predicted molar refractivity (Wildman–Crippen MR) is 103 cm³/mol. The first kappa shape index (κ1) is 19.0. The van der Waals surface area contributed by atoms with Gasteiger partial charge in [0.05, 0.1) is 18.9 Å². The fraction of sp³-hybridized carbons (Fsp3) is 0.588. The largest absolute Gasteiger partial charge is 0.459 e. The highest BCUT2D eigenvalue weighted by atomic mass is 32.2. The van der Waals surface area contributed by atoms with Gasteiger partial charge in [-0.1, -0.05) is 0 Å². The van der Waals surface area contributed by atoms with E-state index in [1.807, 2.05) is 24.4 Å². The number of nitrogens with zero attached hydrogens (tertiary/aromatic N) is 4. The van der Waals surface area contributed by atoms with E-state index in [0.717, 1.165) is 28.8 Å². The predicted octanol–water partition coefficient (Wildman–Crippen LogP) is 1.41. The minimum atomic E-state index is -3.38. The third kappa shape index (κ3) is 4.25. The van der Waals surface area contributed by atoms with Crippen molar-refractivity contribution in [2.45, 2.75) is 13.5 Å². The lowest BCUT2D eigenvalue weighted by atomic mass is 10.3. The molecule has 0 spiro atoms. The molecule has 0 N–H and O–H groups in total. The summed E-state index contributed by atoms with van der Waals surface area (Å²) in [4.78, 5) is 6.91. The van der Waals surface area contributed by atoms with Crippen LogP contribution in [0.5, 0.6) is 0 Å². The zero-order valence-electron chi connectivity index (χ0n) is 15.3. The molecule has 0 aliphatic carbocycles. The number of piperazine rings is 1. The van der Waals surface area contributed by atoms with E-state index < -0.39 is 10.2 Å². The Morgan fingerprint density at radius 1 is 1.07 bits per heavy atom. The van der Waals surface area contributed by atoms with E-state index in [-0.39, 0.29) is 0 Å². The van der Waals surface area contributed by atoms with E-state index in [1.165, 1.54) is 4.31 Å². The Labute approximate surface area is 163 Å². The molecule has 8 nitrogen and oxygen atoms in total. The van der Waals surface area contributed by atoms with Gasteiger partial charge in [-0.25, -0.2) is 4.98 Å². The number of aromatic nitrogens is 1. The van der Waals surface area contributed by atoms with Gasteiger partial charge in [0.1, 0.15) is 5.76 Å². The van der Waals surface area contributed by atoms with Gasteiger partial charge in [-0.3, -0.25) is 4.90 Å². The molecule has 2 aliphatic heterocycles. The van der Waals surface area contributed by atoms with Crippen molar-refractivity contribution in [2.75, 3.05) is 52.5 Å². The Morgan fingerprint density at radius 3 is 2.44 bits per heavy atom. The van der Waals surface area contributed by atoms with Gasteiger partial charge < -0.3 is 9.15 Å². The summed E-state index contributed by atoms with van der Waals surface area (Å²) in [5, 5.41) is 2.93.